The molecule has 0 amide bonds. The number of aromatic hydroxyl groups is 1. The zero-order valence-electron chi connectivity index (χ0n) is 22.2. The molecule has 0 radical (unpaired) electrons. The fourth-order valence-electron chi connectivity index (χ4n) is 6.32. The van der Waals surface area contributed by atoms with Crippen LogP contribution in [-0.4, -0.2) is 63.6 Å². The van der Waals surface area contributed by atoms with E-state index in [1.54, 1.807) is 6.07 Å². The van der Waals surface area contributed by atoms with Crippen LogP contribution in [0.2, 0.25) is 5.02 Å². The Hall–Kier alpha value is -2.33. The summed E-state index contributed by atoms with van der Waals surface area (Å²) in [4.78, 5) is 31.8. The Morgan fingerprint density at radius 2 is 1.57 bits per heavy atom. The summed E-state index contributed by atoms with van der Waals surface area (Å²) in [6, 6.07) is 14.9. The van der Waals surface area contributed by atoms with Gasteiger partial charge in [0.2, 0.25) is 11.2 Å². The van der Waals surface area contributed by atoms with E-state index in [0.29, 0.717) is 36.4 Å². The molecule has 3 aromatic rings. The van der Waals surface area contributed by atoms with Crippen LogP contribution in [0, 0.1) is 5.92 Å². The number of fused-ring (bicyclic) bond motifs is 4. The predicted octanol–water partition coefficient (Wildman–Crippen LogP) is 3.94. The summed E-state index contributed by atoms with van der Waals surface area (Å²) < 4.78 is 8.04. The summed E-state index contributed by atoms with van der Waals surface area (Å²) in [7, 11) is 0. The molecular formula is C29H35Cl3N4O4. The fourth-order valence-corrected chi connectivity index (χ4v) is 6.53. The van der Waals surface area contributed by atoms with Gasteiger partial charge in [-0.2, -0.15) is 0 Å². The van der Waals surface area contributed by atoms with Gasteiger partial charge in [0.25, 0.3) is 5.56 Å². The SMILES string of the molecule is Cl.Cl.O=c1cc(CN2C[C@@H]3C[C@@H](C2)c2cccc(=O)n2C3)oc(CN2CCN(Cc3cccc(Cl)c3)CC2)c1O. The third-order valence-corrected chi connectivity index (χ3v) is 8.34. The highest BCUT2D eigenvalue weighted by Gasteiger charge is 2.34. The van der Waals surface area contributed by atoms with Crippen LogP contribution < -0.4 is 11.0 Å². The van der Waals surface area contributed by atoms with Crippen LogP contribution in [0.1, 0.15) is 35.1 Å². The zero-order chi connectivity index (χ0) is 26.2. The van der Waals surface area contributed by atoms with E-state index in [1.165, 1.54) is 11.6 Å². The smallest absolute Gasteiger partial charge is 0.250 e. The second-order valence-corrected chi connectivity index (χ2v) is 11.4. The van der Waals surface area contributed by atoms with Gasteiger partial charge in [-0.15, -0.1) is 24.8 Å². The highest BCUT2D eigenvalue weighted by Crippen LogP contribution is 2.35. The first-order chi connectivity index (χ1) is 18.4. The monoisotopic (exact) mass is 608 g/mol. The van der Waals surface area contributed by atoms with Crippen molar-refractivity contribution in [1.29, 1.82) is 0 Å². The minimum Gasteiger partial charge on any atom is -0.502 e. The first kappa shape index (κ1) is 30.6. The third kappa shape index (κ3) is 6.75. The van der Waals surface area contributed by atoms with Gasteiger partial charge in [0.1, 0.15) is 5.76 Å². The molecule has 0 unspecified atom stereocenters. The molecule has 3 aliphatic rings. The molecule has 2 aromatic heterocycles. The molecule has 0 saturated carbocycles. The number of likely N-dealkylation sites (tertiary alicyclic amines) is 1. The third-order valence-electron chi connectivity index (χ3n) is 8.11. The van der Waals surface area contributed by atoms with Crippen molar-refractivity contribution in [3.8, 4) is 5.75 Å². The molecule has 3 aliphatic heterocycles. The Balaban J connectivity index is 0.00000185. The molecule has 1 aromatic carbocycles. The van der Waals surface area contributed by atoms with E-state index in [2.05, 4.69) is 26.8 Å². The lowest BCUT2D eigenvalue weighted by Crippen LogP contribution is -2.46. The van der Waals surface area contributed by atoms with E-state index in [9.17, 15) is 14.7 Å². The maximum atomic E-state index is 12.6. The van der Waals surface area contributed by atoms with Crippen molar-refractivity contribution in [1.82, 2.24) is 19.3 Å². The molecule has 40 heavy (non-hydrogen) atoms. The van der Waals surface area contributed by atoms with E-state index in [4.69, 9.17) is 16.0 Å². The summed E-state index contributed by atoms with van der Waals surface area (Å²) in [5.41, 5.74) is 1.97. The number of rotatable bonds is 6. The first-order valence-corrected chi connectivity index (χ1v) is 13.7. The topological polar surface area (TPSA) is 82.2 Å². The van der Waals surface area contributed by atoms with Crippen LogP contribution in [0.15, 0.2) is 62.5 Å². The van der Waals surface area contributed by atoms with E-state index in [1.807, 2.05) is 28.8 Å². The number of piperidine rings is 1. The van der Waals surface area contributed by atoms with Crippen LogP contribution in [0.25, 0.3) is 0 Å². The maximum Gasteiger partial charge on any atom is 0.250 e. The molecule has 6 rings (SSSR count). The number of benzene rings is 1. The van der Waals surface area contributed by atoms with Crippen LogP contribution in [-0.2, 0) is 26.2 Å². The molecule has 216 valence electrons. The van der Waals surface area contributed by atoms with Gasteiger partial charge in [0.05, 0.1) is 13.1 Å². The lowest BCUT2D eigenvalue weighted by Gasteiger charge is -2.42. The van der Waals surface area contributed by atoms with E-state index >= 15 is 0 Å². The summed E-state index contributed by atoms with van der Waals surface area (Å²) in [5, 5.41) is 11.2. The van der Waals surface area contributed by atoms with E-state index in [-0.39, 0.29) is 36.1 Å². The van der Waals surface area contributed by atoms with Crippen LogP contribution >= 0.6 is 36.4 Å². The number of pyridine rings is 1. The van der Waals surface area contributed by atoms with E-state index < -0.39 is 5.43 Å². The number of piperazine rings is 1. The molecule has 1 N–H and O–H groups in total. The summed E-state index contributed by atoms with van der Waals surface area (Å²) in [6.45, 7) is 7.58. The van der Waals surface area contributed by atoms with Gasteiger partial charge >= 0.3 is 0 Å². The van der Waals surface area contributed by atoms with E-state index in [0.717, 1.165) is 69.5 Å². The predicted molar refractivity (Wildman–Crippen MR) is 160 cm³/mol. The molecule has 0 aliphatic carbocycles. The van der Waals surface area contributed by atoms with Crippen molar-refractivity contribution in [2.24, 2.45) is 5.92 Å². The maximum absolute atomic E-state index is 12.6. The van der Waals surface area contributed by atoms with Gasteiger partial charge < -0.3 is 14.1 Å². The van der Waals surface area contributed by atoms with Gasteiger partial charge in [0, 0.05) is 81.1 Å². The minimum absolute atomic E-state index is 0. The number of nitrogens with zero attached hydrogens (tertiary/aromatic N) is 4. The van der Waals surface area contributed by atoms with Gasteiger partial charge in [-0.3, -0.25) is 24.3 Å². The molecule has 2 fully saturated rings. The zero-order valence-corrected chi connectivity index (χ0v) is 24.6. The van der Waals surface area contributed by atoms with Gasteiger partial charge in [0.15, 0.2) is 5.76 Å². The number of halogens is 3. The Morgan fingerprint density at radius 1 is 0.850 bits per heavy atom. The van der Waals surface area contributed by atoms with Crippen molar-refractivity contribution in [3.63, 3.8) is 0 Å². The molecule has 8 nitrogen and oxygen atoms in total. The minimum atomic E-state index is -0.394. The highest BCUT2D eigenvalue weighted by atomic mass is 35.5. The second kappa shape index (κ2) is 13.1. The summed E-state index contributed by atoms with van der Waals surface area (Å²) >= 11 is 6.13. The van der Waals surface area contributed by atoms with Crippen molar-refractivity contribution in [2.75, 3.05) is 39.3 Å². The van der Waals surface area contributed by atoms with Gasteiger partial charge in [-0.1, -0.05) is 29.8 Å². The molecular weight excluding hydrogens is 575 g/mol. The largest absolute Gasteiger partial charge is 0.502 e. The summed E-state index contributed by atoms with van der Waals surface area (Å²) in [6.07, 6.45) is 1.08. The van der Waals surface area contributed by atoms with Crippen molar-refractivity contribution < 1.29 is 9.52 Å². The van der Waals surface area contributed by atoms with Crippen molar-refractivity contribution >= 4 is 36.4 Å². The van der Waals surface area contributed by atoms with Crippen molar-refractivity contribution in [2.45, 2.75) is 38.5 Å². The molecule has 11 heteroatoms. The molecule has 2 bridgehead atoms. The average molecular weight is 610 g/mol. The van der Waals surface area contributed by atoms with Gasteiger partial charge in [-0.25, -0.2) is 0 Å². The fraction of sp³-hybridized carbons (Fsp3) is 0.448. The van der Waals surface area contributed by atoms with Gasteiger partial charge in [-0.05, 0) is 36.1 Å². The average Bonchev–Trinajstić information content (AvgIpc) is 2.89. The second-order valence-electron chi connectivity index (χ2n) is 10.9. The molecule has 2 atom stereocenters. The first-order valence-electron chi connectivity index (χ1n) is 13.4. The molecule has 2 saturated heterocycles. The Labute approximate surface area is 251 Å². The Morgan fingerprint density at radius 3 is 2.33 bits per heavy atom. The number of hydrogen-bond acceptors (Lipinski definition) is 7. The lowest BCUT2D eigenvalue weighted by molar-refractivity contribution is 0.100. The number of hydrogen-bond donors (Lipinski definition) is 1. The quantitative estimate of drug-likeness (QED) is 0.453. The standard InChI is InChI=1S/C29H33ClN4O4.2ClH/c30-23-4-1-3-20(12-23)14-31-7-9-32(10-8-31)19-27-29(37)26(35)13-24(38-27)18-33-15-21-11-22(17-33)25-5-2-6-28(36)34(25)16-21;;/h1-6,12-13,21-22,37H,7-11,14-19H2;2*1H/t21-,22-;;/m0../s1. The van der Waals surface area contributed by atoms with Crippen LogP contribution in [0.3, 0.4) is 0 Å². The Bertz CT molecular complexity index is 1440. The lowest BCUT2D eigenvalue weighted by atomic mass is 9.83. The summed E-state index contributed by atoms with van der Waals surface area (Å²) in [5.74, 6) is 1.31. The highest BCUT2D eigenvalue weighted by molar-refractivity contribution is 6.30. The normalized spacial score (nSPS) is 21.2. The molecule has 5 heterocycles. The molecule has 0 spiro atoms. The van der Waals surface area contributed by atoms with Crippen molar-refractivity contribution in [3.05, 3.63) is 96.9 Å². The van der Waals surface area contributed by atoms with Crippen LogP contribution in [0.4, 0.5) is 0 Å². The number of aromatic nitrogens is 1. The Kier molecular flexibility index (Phi) is 10.0. The van der Waals surface area contributed by atoms with Crippen LogP contribution in [0.5, 0.6) is 5.75 Å².